The molecule has 0 aliphatic carbocycles. The molecule has 0 saturated carbocycles. The van der Waals surface area contributed by atoms with E-state index in [2.05, 4.69) is 17.2 Å². The van der Waals surface area contributed by atoms with Crippen LogP contribution in [0.1, 0.15) is 22.3 Å². The van der Waals surface area contributed by atoms with Gasteiger partial charge >= 0.3 is 0 Å². The van der Waals surface area contributed by atoms with Crippen LogP contribution in [0.4, 0.5) is 0 Å². The van der Waals surface area contributed by atoms with Gasteiger partial charge < -0.3 is 5.32 Å². The molecule has 2 nitrogen and oxygen atoms in total. The zero-order valence-electron chi connectivity index (χ0n) is 7.46. The molecule has 0 amide bonds. The van der Waals surface area contributed by atoms with Crippen molar-refractivity contribution < 1.29 is 4.79 Å². The van der Waals surface area contributed by atoms with E-state index in [-0.39, 0.29) is 0 Å². The molecule has 1 heterocycles. The topological polar surface area (TPSA) is 29.1 Å². The smallest absolute Gasteiger partial charge is 0.152 e. The predicted octanol–water partition coefficient (Wildman–Crippen LogP) is 1.52. The van der Waals surface area contributed by atoms with Gasteiger partial charge in [-0.3, -0.25) is 4.79 Å². The number of thiophene rings is 1. The number of carbonyl (C=O) groups excluding carboxylic acids is 1. The summed E-state index contributed by atoms with van der Waals surface area (Å²) in [6, 6.07) is 0. The fourth-order valence-corrected chi connectivity index (χ4v) is 1.57. The van der Waals surface area contributed by atoms with Gasteiger partial charge in [-0.05, 0) is 7.05 Å². The second-order valence-electron chi connectivity index (χ2n) is 2.51. The third-order valence-corrected chi connectivity index (χ3v) is 2.30. The summed E-state index contributed by atoms with van der Waals surface area (Å²) in [4.78, 5) is 10.5. The van der Waals surface area contributed by atoms with Gasteiger partial charge in [0, 0.05) is 34.9 Å². The van der Waals surface area contributed by atoms with Crippen molar-refractivity contribution in [3.05, 3.63) is 21.9 Å². The monoisotopic (exact) mass is 193 g/mol. The van der Waals surface area contributed by atoms with Crippen LogP contribution in [-0.2, 0) is 0 Å². The summed E-state index contributed by atoms with van der Waals surface area (Å²) < 4.78 is 0. The van der Waals surface area contributed by atoms with Crippen LogP contribution in [-0.4, -0.2) is 19.9 Å². The molecule has 0 saturated heterocycles. The first kappa shape index (κ1) is 9.97. The fraction of sp³-hybridized carbons (Fsp3) is 0.300. The number of hydrogen-bond acceptors (Lipinski definition) is 3. The third kappa shape index (κ3) is 3.02. The quantitative estimate of drug-likeness (QED) is 0.448. The molecule has 0 bridgehead atoms. The van der Waals surface area contributed by atoms with E-state index in [9.17, 15) is 4.79 Å². The van der Waals surface area contributed by atoms with Crippen molar-refractivity contribution in [2.24, 2.45) is 0 Å². The minimum atomic E-state index is 0.696. The van der Waals surface area contributed by atoms with E-state index in [1.54, 1.807) is 0 Å². The zero-order chi connectivity index (χ0) is 9.52. The standard InChI is InChI=1S/C10H11NOS/c1-11-5-3-2-4-9-7-13-8-10(9)6-12/h6-8,11H,3,5H2,1H3. The van der Waals surface area contributed by atoms with Crippen molar-refractivity contribution in [2.75, 3.05) is 13.6 Å². The van der Waals surface area contributed by atoms with Crippen molar-refractivity contribution in [3.8, 4) is 11.8 Å². The number of aldehydes is 1. The lowest BCUT2D eigenvalue weighted by Gasteiger charge is -1.87. The van der Waals surface area contributed by atoms with Crippen LogP contribution < -0.4 is 5.32 Å². The largest absolute Gasteiger partial charge is 0.319 e. The molecule has 0 radical (unpaired) electrons. The Hall–Kier alpha value is -1.11. The Morgan fingerprint density at radius 2 is 2.46 bits per heavy atom. The van der Waals surface area contributed by atoms with E-state index in [1.165, 1.54) is 11.3 Å². The maximum atomic E-state index is 10.5. The van der Waals surface area contributed by atoms with E-state index in [0.717, 1.165) is 24.8 Å². The Kier molecular flexibility index (Phi) is 4.24. The van der Waals surface area contributed by atoms with Gasteiger partial charge in [0.25, 0.3) is 0 Å². The molecule has 0 aliphatic heterocycles. The van der Waals surface area contributed by atoms with Gasteiger partial charge in [0.05, 0.1) is 0 Å². The second-order valence-corrected chi connectivity index (χ2v) is 3.26. The van der Waals surface area contributed by atoms with E-state index in [4.69, 9.17) is 0 Å². The Bertz CT molecular complexity index is 332. The zero-order valence-corrected chi connectivity index (χ0v) is 8.28. The maximum absolute atomic E-state index is 10.5. The number of hydrogen-bond donors (Lipinski definition) is 1. The average molecular weight is 193 g/mol. The number of nitrogens with one attached hydrogen (secondary N) is 1. The highest BCUT2D eigenvalue weighted by atomic mass is 32.1. The molecule has 13 heavy (non-hydrogen) atoms. The maximum Gasteiger partial charge on any atom is 0.152 e. The predicted molar refractivity (Wildman–Crippen MR) is 55.1 cm³/mol. The Labute approximate surface area is 82.0 Å². The van der Waals surface area contributed by atoms with E-state index >= 15 is 0 Å². The van der Waals surface area contributed by atoms with Crippen LogP contribution in [0.2, 0.25) is 0 Å². The highest BCUT2D eigenvalue weighted by molar-refractivity contribution is 7.08. The van der Waals surface area contributed by atoms with Crippen LogP contribution >= 0.6 is 11.3 Å². The molecular weight excluding hydrogens is 182 g/mol. The van der Waals surface area contributed by atoms with Gasteiger partial charge in [-0.15, -0.1) is 0 Å². The first-order valence-corrected chi connectivity index (χ1v) is 4.97. The van der Waals surface area contributed by atoms with Gasteiger partial charge in [-0.1, -0.05) is 11.8 Å². The Morgan fingerprint density at radius 1 is 1.62 bits per heavy atom. The average Bonchev–Trinajstić information content (AvgIpc) is 2.60. The first-order chi connectivity index (χ1) is 6.38. The summed E-state index contributed by atoms with van der Waals surface area (Å²) in [6.07, 6.45) is 1.66. The molecule has 0 aromatic carbocycles. The molecule has 1 rings (SSSR count). The molecule has 1 aromatic heterocycles. The van der Waals surface area contributed by atoms with Crippen LogP contribution in [0.3, 0.4) is 0 Å². The third-order valence-electron chi connectivity index (χ3n) is 1.54. The highest BCUT2D eigenvalue weighted by Gasteiger charge is 1.97. The van der Waals surface area contributed by atoms with E-state index in [1.807, 2.05) is 17.8 Å². The van der Waals surface area contributed by atoms with Crippen molar-refractivity contribution in [2.45, 2.75) is 6.42 Å². The first-order valence-electron chi connectivity index (χ1n) is 4.03. The van der Waals surface area contributed by atoms with Gasteiger partial charge in [-0.25, -0.2) is 0 Å². The summed E-state index contributed by atoms with van der Waals surface area (Å²) in [6.45, 7) is 0.882. The molecule has 68 valence electrons. The molecule has 1 N–H and O–H groups in total. The lowest BCUT2D eigenvalue weighted by atomic mass is 10.2. The summed E-state index contributed by atoms with van der Waals surface area (Å²) in [5.74, 6) is 5.97. The molecular formula is C10H11NOS. The fourth-order valence-electron chi connectivity index (χ4n) is 0.845. The second kappa shape index (κ2) is 5.52. The van der Waals surface area contributed by atoms with Crippen molar-refractivity contribution in [3.63, 3.8) is 0 Å². The summed E-state index contributed by atoms with van der Waals surface area (Å²) in [5, 5.41) is 6.72. The van der Waals surface area contributed by atoms with Crippen molar-refractivity contribution >= 4 is 17.6 Å². The van der Waals surface area contributed by atoms with E-state index in [0.29, 0.717) is 5.56 Å². The van der Waals surface area contributed by atoms with Crippen LogP contribution in [0.25, 0.3) is 0 Å². The molecule has 0 atom stereocenters. The molecule has 1 aromatic rings. The van der Waals surface area contributed by atoms with Gasteiger partial charge in [0.15, 0.2) is 6.29 Å². The van der Waals surface area contributed by atoms with Crippen molar-refractivity contribution in [1.82, 2.24) is 5.32 Å². The van der Waals surface area contributed by atoms with Gasteiger partial charge in [0.2, 0.25) is 0 Å². The Balaban J connectivity index is 2.60. The molecule has 0 fully saturated rings. The van der Waals surface area contributed by atoms with Crippen molar-refractivity contribution in [1.29, 1.82) is 0 Å². The van der Waals surface area contributed by atoms with Gasteiger partial charge in [-0.2, -0.15) is 11.3 Å². The summed E-state index contributed by atoms with van der Waals surface area (Å²) in [7, 11) is 1.89. The normalized spacial score (nSPS) is 9.00. The van der Waals surface area contributed by atoms with E-state index < -0.39 is 0 Å². The molecule has 0 spiro atoms. The molecule has 0 unspecified atom stereocenters. The van der Waals surface area contributed by atoms with Crippen LogP contribution in [0.15, 0.2) is 10.8 Å². The minimum absolute atomic E-state index is 0.696. The molecule has 3 heteroatoms. The Morgan fingerprint density at radius 3 is 3.15 bits per heavy atom. The van der Waals surface area contributed by atoms with Crippen LogP contribution in [0.5, 0.6) is 0 Å². The number of carbonyl (C=O) groups is 1. The summed E-state index contributed by atoms with van der Waals surface area (Å²) in [5.41, 5.74) is 1.54. The lowest BCUT2D eigenvalue weighted by molar-refractivity contribution is 0.112. The van der Waals surface area contributed by atoms with Crippen LogP contribution in [0, 0.1) is 11.8 Å². The lowest BCUT2D eigenvalue weighted by Crippen LogP contribution is -2.05. The SMILES string of the molecule is CNCCC#Cc1cscc1C=O. The summed E-state index contributed by atoms with van der Waals surface area (Å²) >= 11 is 1.51. The molecule has 0 aliphatic rings. The minimum Gasteiger partial charge on any atom is -0.319 e. The van der Waals surface area contributed by atoms with Gasteiger partial charge in [0.1, 0.15) is 0 Å². The highest BCUT2D eigenvalue weighted by Crippen LogP contribution is 2.10. The number of rotatable bonds is 3.